The fourth-order valence-corrected chi connectivity index (χ4v) is 2.48. The lowest BCUT2D eigenvalue weighted by Gasteiger charge is -2.14. The highest BCUT2D eigenvalue weighted by Gasteiger charge is 2.21. The molecule has 0 radical (unpaired) electrons. The molecular weight excluding hydrogens is 336 g/mol. The molecule has 26 heavy (non-hydrogen) atoms. The molecule has 2 aromatic rings. The van der Waals surface area contributed by atoms with Crippen LogP contribution in [0.2, 0.25) is 0 Å². The van der Waals surface area contributed by atoms with Gasteiger partial charge < -0.3 is 25.2 Å². The number of fused-ring (bicyclic) bond motifs is 1. The van der Waals surface area contributed by atoms with Crippen LogP contribution in [-0.4, -0.2) is 26.4 Å². The molecule has 0 aliphatic carbocycles. The zero-order chi connectivity index (χ0) is 19.4. The number of carbonyl (C=O) groups is 1. The number of phenols is 4. The van der Waals surface area contributed by atoms with E-state index in [0.717, 1.165) is 5.57 Å². The van der Waals surface area contributed by atoms with Crippen molar-refractivity contribution in [2.75, 3.05) is 0 Å². The van der Waals surface area contributed by atoms with Crippen molar-refractivity contribution in [3.05, 3.63) is 41.5 Å². The van der Waals surface area contributed by atoms with E-state index in [2.05, 4.69) is 0 Å². The molecule has 0 aliphatic rings. The lowest BCUT2D eigenvalue weighted by atomic mass is 10.0. The summed E-state index contributed by atoms with van der Waals surface area (Å²) in [6.45, 7) is 5.54. The van der Waals surface area contributed by atoms with Crippen LogP contribution in [0.1, 0.15) is 39.2 Å². The van der Waals surface area contributed by atoms with Gasteiger partial charge in [0, 0.05) is 6.42 Å². The highest BCUT2D eigenvalue weighted by Crippen LogP contribution is 2.46. The molecule has 0 fully saturated rings. The van der Waals surface area contributed by atoms with Crippen LogP contribution in [-0.2, 0) is 9.53 Å². The molecule has 138 valence electrons. The van der Waals surface area contributed by atoms with Crippen LogP contribution in [0.15, 0.2) is 35.9 Å². The van der Waals surface area contributed by atoms with Gasteiger partial charge in [-0.15, -0.1) is 0 Å². The van der Waals surface area contributed by atoms with Crippen LogP contribution in [0, 0.1) is 0 Å². The van der Waals surface area contributed by atoms with Gasteiger partial charge in [-0.1, -0.05) is 18.6 Å². The van der Waals surface area contributed by atoms with Crippen molar-refractivity contribution in [2.45, 2.75) is 33.6 Å². The van der Waals surface area contributed by atoms with E-state index in [1.54, 1.807) is 6.08 Å². The third kappa shape index (κ3) is 3.91. The molecule has 0 heterocycles. The number of hydrogen-bond acceptors (Lipinski definition) is 6. The molecular formula is C20H22O6. The van der Waals surface area contributed by atoms with Crippen LogP contribution in [0.3, 0.4) is 0 Å². The second kappa shape index (κ2) is 7.82. The zero-order valence-electron chi connectivity index (χ0n) is 14.9. The largest absolute Gasteiger partial charge is 0.507 e. The molecule has 0 amide bonds. The van der Waals surface area contributed by atoms with Gasteiger partial charge in [-0.3, -0.25) is 4.79 Å². The smallest absolute Gasteiger partial charge is 0.311 e. The SMILES string of the molecule is CCCC(=O)O/C(=C\C=C(C)C)c1cc(O)c2c(O)ccc(O)c2c1O. The normalized spacial score (nSPS) is 11.4. The van der Waals surface area contributed by atoms with E-state index in [1.807, 2.05) is 20.8 Å². The van der Waals surface area contributed by atoms with E-state index >= 15 is 0 Å². The first-order valence-electron chi connectivity index (χ1n) is 8.22. The van der Waals surface area contributed by atoms with Crippen LogP contribution in [0.4, 0.5) is 0 Å². The summed E-state index contributed by atoms with van der Waals surface area (Å²) in [6, 6.07) is 3.58. The number of benzene rings is 2. The molecule has 0 spiro atoms. The molecule has 0 saturated heterocycles. The van der Waals surface area contributed by atoms with Gasteiger partial charge in [-0.05, 0) is 44.5 Å². The van der Waals surface area contributed by atoms with Gasteiger partial charge in [0.1, 0.15) is 28.8 Å². The van der Waals surface area contributed by atoms with Crippen molar-refractivity contribution >= 4 is 22.5 Å². The van der Waals surface area contributed by atoms with Crippen molar-refractivity contribution in [1.82, 2.24) is 0 Å². The van der Waals surface area contributed by atoms with Gasteiger partial charge in [0.15, 0.2) is 0 Å². The number of carbonyl (C=O) groups excluding carboxylic acids is 1. The number of phenolic OH excluding ortho intramolecular Hbond substituents is 4. The first kappa shape index (κ1) is 19.2. The van der Waals surface area contributed by atoms with E-state index in [4.69, 9.17) is 4.74 Å². The topological polar surface area (TPSA) is 107 Å². The predicted molar refractivity (Wildman–Crippen MR) is 99.0 cm³/mol. The van der Waals surface area contributed by atoms with Gasteiger partial charge in [0.2, 0.25) is 0 Å². The minimum Gasteiger partial charge on any atom is -0.507 e. The number of ether oxygens (including phenoxy) is 1. The minimum atomic E-state index is -0.486. The maximum Gasteiger partial charge on any atom is 0.311 e. The molecule has 0 atom stereocenters. The van der Waals surface area contributed by atoms with Crippen LogP contribution >= 0.6 is 0 Å². The third-order valence-electron chi connectivity index (χ3n) is 3.70. The summed E-state index contributed by atoms with van der Waals surface area (Å²) in [4.78, 5) is 11.9. The number of esters is 1. The Kier molecular flexibility index (Phi) is 5.77. The second-order valence-corrected chi connectivity index (χ2v) is 6.14. The van der Waals surface area contributed by atoms with Gasteiger partial charge in [0.25, 0.3) is 0 Å². The monoisotopic (exact) mass is 358 g/mol. The molecule has 0 aliphatic heterocycles. The molecule has 0 bridgehead atoms. The molecule has 6 heteroatoms. The Labute approximate surface area is 151 Å². The maximum atomic E-state index is 11.9. The first-order chi connectivity index (χ1) is 12.3. The Bertz CT molecular complexity index is 904. The van der Waals surface area contributed by atoms with Crippen LogP contribution in [0.25, 0.3) is 16.5 Å². The van der Waals surface area contributed by atoms with Crippen LogP contribution in [0.5, 0.6) is 23.0 Å². The van der Waals surface area contributed by atoms with E-state index in [-0.39, 0.29) is 45.8 Å². The average molecular weight is 358 g/mol. The Morgan fingerprint density at radius 1 is 1.00 bits per heavy atom. The standard InChI is InChI=1S/C20H22O6/c1-4-5-17(24)26-16(9-6-11(2)3)12-10-15(23)18-13(21)7-8-14(22)19(18)20(12)25/h6-10,21-23,25H,4-5H2,1-3H3/b16-9-. The van der Waals surface area contributed by atoms with Gasteiger partial charge in [-0.2, -0.15) is 0 Å². The highest BCUT2D eigenvalue weighted by atomic mass is 16.5. The lowest BCUT2D eigenvalue weighted by Crippen LogP contribution is -2.03. The number of rotatable bonds is 5. The number of hydrogen-bond donors (Lipinski definition) is 4. The Hall–Kier alpha value is -3.15. The van der Waals surface area contributed by atoms with Gasteiger partial charge in [0.05, 0.1) is 16.3 Å². The molecule has 0 aromatic heterocycles. The second-order valence-electron chi connectivity index (χ2n) is 6.14. The fourth-order valence-electron chi connectivity index (χ4n) is 2.48. The summed E-state index contributed by atoms with van der Waals surface area (Å²) in [5.41, 5.74) is 0.955. The molecule has 0 unspecified atom stereocenters. The van der Waals surface area contributed by atoms with E-state index in [0.29, 0.717) is 6.42 Å². The predicted octanol–water partition coefficient (Wildman–Crippen LogP) is 4.31. The molecule has 2 rings (SSSR count). The molecule has 0 saturated carbocycles. The molecule has 4 N–H and O–H groups in total. The van der Waals surface area contributed by atoms with E-state index < -0.39 is 11.7 Å². The van der Waals surface area contributed by atoms with Crippen molar-refractivity contribution in [2.24, 2.45) is 0 Å². The van der Waals surface area contributed by atoms with Crippen molar-refractivity contribution in [1.29, 1.82) is 0 Å². The van der Waals surface area contributed by atoms with Gasteiger partial charge >= 0.3 is 5.97 Å². The van der Waals surface area contributed by atoms with Gasteiger partial charge in [-0.25, -0.2) is 0 Å². The summed E-state index contributed by atoms with van der Waals surface area (Å²) < 4.78 is 5.34. The van der Waals surface area contributed by atoms with Crippen molar-refractivity contribution in [3.63, 3.8) is 0 Å². The molecule has 6 nitrogen and oxygen atoms in total. The summed E-state index contributed by atoms with van der Waals surface area (Å²) in [5.74, 6) is -1.86. The van der Waals surface area contributed by atoms with Crippen molar-refractivity contribution < 1.29 is 30.0 Å². The summed E-state index contributed by atoms with van der Waals surface area (Å²) >= 11 is 0. The lowest BCUT2D eigenvalue weighted by molar-refractivity contribution is -0.136. The quantitative estimate of drug-likeness (QED) is 0.274. The Balaban J connectivity index is 2.72. The summed E-state index contributed by atoms with van der Waals surface area (Å²) in [6.07, 6.45) is 3.98. The molecule has 2 aromatic carbocycles. The average Bonchev–Trinajstić information content (AvgIpc) is 2.57. The third-order valence-corrected chi connectivity index (χ3v) is 3.70. The van der Waals surface area contributed by atoms with Crippen molar-refractivity contribution in [3.8, 4) is 23.0 Å². The Morgan fingerprint density at radius 3 is 2.19 bits per heavy atom. The minimum absolute atomic E-state index is 0.0258. The van der Waals surface area contributed by atoms with E-state index in [9.17, 15) is 25.2 Å². The Morgan fingerprint density at radius 2 is 1.62 bits per heavy atom. The van der Waals surface area contributed by atoms with Crippen LogP contribution < -0.4 is 0 Å². The van der Waals surface area contributed by atoms with E-state index in [1.165, 1.54) is 24.3 Å². The first-order valence-corrected chi connectivity index (χ1v) is 8.22. The summed E-state index contributed by atoms with van der Waals surface area (Å²) in [5, 5.41) is 40.7. The number of aromatic hydroxyl groups is 4. The number of allylic oxidation sites excluding steroid dienone is 3. The summed E-state index contributed by atoms with van der Waals surface area (Å²) in [7, 11) is 0. The highest BCUT2D eigenvalue weighted by molar-refractivity contribution is 6.04. The maximum absolute atomic E-state index is 11.9. The zero-order valence-corrected chi connectivity index (χ0v) is 14.9. The fraction of sp³-hybridized carbons (Fsp3) is 0.250.